The maximum absolute atomic E-state index is 12.2. The van der Waals surface area contributed by atoms with Gasteiger partial charge in [-0.25, -0.2) is 9.97 Å². The highest BCUT2D eigenvalue weighted by Gasteiger charge is 2.21. The van der Waals surface area contributed by atoms with Crippen LogP contribution < -0.4 is 15.8 Å². The summed E-state index contributed by atoms with van der Waals surface area (Å²) in [6, 6.07) is 7.65. The molecule has 0 bridgehead atoms. The topological polar surface area (TPSA) is 94.2 Å². The smallest absolute Gasteiger partial charge is 0.270 e. The van der Waals surface area contributed by atoms with E-state index in [2.05, 4.69) is 30.1 Å². The minimum absolute atomic E-state index is 0.181. The summed E-state index contributed by atoms with van der Waals surface area (Å²) in [5.41, 5.74) is 4.95. The van der Waals surface area contributed by atoms with Crippen molar-refractivity contribution in [2.75, 3.05) is 38.1 Å². The number of piperazine rings is 1. The fraction of sp³-hybridized carbons (Fsp3) is 0.391. The zero-order chi connectivity index (χ0) is 22.8. The fourth-order valence-electron chi connectivity index (χ4n) is 4.09. The van der Waals surface area contributed by atoms with Crippen molar-refractivity contribution in [1.29, 1.82) is 0 Å². The van der Waals surface area contributed by atoms with E-state index in [1.54, 1.807) is 13.1 Å². The van der Waals surface area contributed by atoms with E-state index in [0.29, 0.717) is 40.4 Å². The molecule has 3 aromatic rings. The number of aryl methyl sites for hydroxylation is 2. The van der Waals surface area contributed by atoms with Gasteiger partial charge in [0.15, 0.2) is 0 Å². The van der Waals surface area contributed by atoms with Gasteiger partial charge in [-0.2, -0.15) is 0 Å². The van der Waals surface area contributed by atoms with Gasteiger partial charge in [0.05, 0.1) is 27.4 Å². The summed E-state index contributed by atoms with van der Waals surface area (Å²) >= 11 is 6.64. The average molecular weight is 455 g/mol. The number of amides is 1. The summed E-state index contributed by atoms with van der Waals surface area (Å²) in [6.45, 7) is 7.99. The summed E-state index contributed by atoms with van der Waals surface area (Å²) in [7, 11) is 1.60. The Morgan fingerprint density at radius 2 is 1.91 bits per heavy atom. The van der Waals surface area contributed by atoms with Crippen LogP contribution in [0.4, 0.5) is 5.69 Å². The summed E-state index contributed by atoms with van der Waals surface area (Å²) in [6.07, 6.45) is 0.582. The maximum atomic E-state index is 12.2. The molecule has 1 aromatic carbocycles. The second kappa shape index (κ2) is 9.26. The van der Waals surface area contributed by atoms with Crippen LogP contribution in [0.2, 0.25) is 5.02 Å². The van der Waals surface area contributed by atoms with Crippen molar-refractivity contribution < 1.29 is 4.79 Å². The zero-order valence-electron chi connectivity index (χ0n) is 18.5. The predicted molar refractivity (Wildman–Crippen MR) is 127 cm³/mol. The largest absolute Gasteiger partial charge is 0.368 e. The quantitative estimate of drug-likeness (QED) is 0.615. The number of hydrogen-bond donors (Lipinski definition) is 2. The van der Waals surface area contributed by atoms with Crippen LogP contribution >= 0.6 is 11.6 Å². The monoisotopic (exact) mass is 454 g/mol. The highest BCUT2D eigenvalue weighted by molar-refractivity contribution is 6.35. The molecule has 1 saturated heterocycles. The number of aromatic amines is 1. The minimum atomic E-state index is -0.181. The molecule has 168 valence electrons. The van der Waals surface area contributed by atoms with E-state index in [0.717, 1.165) is 43.1 Å². The lowest BCUT2D eigenvalue weighted by molar-refractivity contribution is 0.0958. The van der Waals surface area contributed by atoms with Crippen molar-refractivity contribution in [3.63, 3.8) is 0 Å². The van der Waals surface area contributed by atoms with Crippen LogP contribution in [0.1, 0.15) is 34.4 Å². The standard InChI is InChI=1S/C23H27ClN6O2/c1-4-16-23(32)28-21-17(27-16)6-5-15(20(21)24)13-29-9-11-30(12-10-29)19-8-7-18(22(31)25-3)26-14(19)2/h5-8H,4,9-13H2,1-3H3,(H,25,31)(H,28,32). The number of H-pyrrole nitrogens is 1. The Labute approximate surface area is 191 Å². The first-order chi connectivity index (χ1) is 15.4. The molecule has 2 N–H and O–H groups in total. The van der Waals surface area contributed by atoms with Crippen LogP contribution in [-0.2, 0) is 13.0 Å². The van der Waals surface area contributed by atoms with Gasteiger partial charge in [-0.15, -0.1) is 0 Å². The molecule has 0 radical (unpaired) electrons. The van der Waals surface area contributed by atoms with E-state index < -0.39 is 0 Å². The van der Waals surface area contributed by atoms with Crippen LogP contribution in [0.5, 0.6) is 0 Å². The van der Waals surface area contributed by atoms with Crippen LogP contribution in [0.25, 0.3) is 11.0 Å². The molecule has 1 aliphatic heterocycles. The molecule has 0 aliphatic carbocycles. The molecule has 2 aromatic heterocycles. The highest BCUT2D eigenvalue weighted by atomic mass is 35.5. The molecule has 0 atom stereocenters. The lowest BCUT2D eigenvalue weighted by atomic mass is 10.1. The van der Waals surface area contributed by atoms with Crippen LogP contribution in [0, 0.1) is 6.92 Å². The van der Waals surface area contributed by atoms with E-state index in [4.69, 9.17) is 11.6 Å². The SMILES string of the molecule is CCc1nc2ccc(CN3CCN(c4ccc(C(=O)NC)nc4C)CC3)c(Cl)c2[nH]c1=O. The molecular formula is C23H27ClN6O2. The van der Waals surface area contributed by atoms with Gasteiger partial charge < -0.3 is 15.2 Å². The Morgan fingerprint density at radius 1 is 1.16 bits per heavy atom. The number of fused-ring (bicyclic) bond motifs is 1. The molecule has 1 aliphatic rings. The second-order valence-corrected chi connectivity index (χ2v) is 8.32. The third kappa shape index (κ3) is 4.33. The molecule has 0 unspecified atom stereocenters. The number of carbonyl (C=O) groups excluding carboxylic acids is 1. The zero-order valence-corrected chi connectivity index (χ0v) is 19.3. The molecule has 1 fully saturated rings. The number of nitrogens with zero attached hydrogens (tertiary/aromatic N) is 4. The van der Waals surface area contributed by atoms with Gasteiger partial charge in [0.2, 0.25) is 0 Å². The van der Waals surface area contributed by atoms with Crippen LogP contribution in [-0.4, -0.2) is 59.0 Å². The number of nitrogens with one attached hydrogen (secondary N) is 2. The molecule has 3 heterocycles. The highest BCUT2D eigenvalue weighted by Crippen LogP contribution is 2.26. The first kappa shape index (κ1) is 22.2. The van der Waals surface area contributed by atoms with Gasteiger partial charge in [-0.1, -0.05) is 24.6 Å². The molecule has 8 nitrogen and oxygen atoms in total. The van der Waals surface area contributed by atoms with Crippen molar-refractivity contribution in [1.82, 2.24) is 25.2 Å². The lowest BCUT2D eigenvalue weighted by Gasteiger charge is -2.36. The van der Waals surface area contributed by atoms with Crippen molar-refractivity contribution in [2.24, 2.45) is 0 Å². The maximum Gasteiger partial charge on any atom is 0.270 e. The lowest BCUT2D eigenvalue weighted by Crippen LogP contribution is -2.46. The van der Waals surface area contributed by atoms with Gasteiger partial charge in [-0.05, 0) is 37.1 Å². The number of pyridine rings is 1. The van der Waals surface area contributed by atoms with Crippen molar-refractivity contribution in [2.45, 2.75) is 26.8 Å². The third-order valence-electron chi connectivity index (χ3n) is 5.92. The van der Waals surface area contributed by atoms with E-state index in [1.807, 2.05) is 32.0 Å². The van der Waals surface area contributed by atoms with E-state index in [9.17, 15) is 9.59 Å². The van der Waals surface area contributed by atoms with Crippen molar-refractivity contribution >= 4 is 34.2 Å². The molecule has 1 amide bonds. The molecular weight excluding hydrogens is 428 g/mol. The summed E-state index contributed by atoms with van der Waals surface area (Å²) in [5.74, 6) is -0.181. The average Bonchev–Trinajstić information content (AvgIpc) is 2.81. The molecule has 4 rings (SSSR count). The Morgan fingerprint density at radius 3 is 2.56 bits per heavy atom. The normalized spacial score (nSPS) is 14.7. The number of carbonyl (C=O) groups is 1. The van der Waals surface area contributed by atoms with E-state index in [1.165, 1.54) is 0 Å². The summed E-state index contributed by atoms with van der Waals surface area (Å²) in [4.78, 5) is 40.4. The summed E-state index contributed by atoms with van der Waals surface area (Å²) in [5, 5.41) is 3.16. The predicted octanol–water partition coefficient (Wildman–Crippen LogP) is 2.52. The first-order valence-electron chi connectivity index (χ1n) is 10.8. The Balaban J connectivity index is 1.45. The molecule has 0 spiro atoms. The molecule has 32 heavy (non-hydrogen) atoms. The Kier molecular flexibility index (Phi) is 6.43. The van der Waals surface area contributed by atoms with Crippen molar-refractivity contribution in [3.05, 3.63) is 62.3 Å². The van der Waals surface area contributed by atoms with Gasteiger partial charge in [0, 0.05) is 39.8 Å². The van der Waals surface area contributed by atoms with Gasteiger partial charge in [-0.3, -0.25) is 14.5 Å². The van der Waals surface area contributed by atoms with Gasteiger partial charge >= 0.3 is 0 Å². The number of hydrogen-bond acceptors (Lipinski definition) is 6. The van der Waals surface area contributed by atoms with Crippen LogP contribution in [0.15, 0.2) is 29.1 Å². The molecule has 0 saturated carbocycles. The summed E-state index contributed by atoms with van der Waals surface area (Å²) < 4.78 is 0. The van der Waals surface area contributed by atoms with Crippen LogP contribution in [0.3, 0.4) is 0 Å². The number of benzene rings is 1. The minimum Gasteiger partial charge on any atom is -0.368 e. The number of anilines is 1. The molecule has 9 heteroatoms. The first-order valence-corrected chi connectivity index (χ1v) is 11.2. The number of halogens is 1. The van der Waals surface area contributed by atoms with Crippen molar-refractivity contribution in [3.8, 4) is 0 Å². The Hall–Kier alpha value is -2.97. The number of aromatic nitrogens is 3. The third-order valence-corrected chi connectivity index (χ3v) is 6.35. The van der Waals surface area contributed by atoms with Gasteiger partial charge in [0.25, 0.3) is 11.5 Å². The Bertz CT molecular complexity index is 1220. The second-order valence-electron chi connectivity index (χ2n) is 7.94. The fourth-order valence-corrected chi connectivity index (χ4v) is 4.36. The van der Waals surface area contributed by atoms with Gasteiger partial charge in [0.1, 0.15) is 11.4 Å². The van der Waals surface area contributed by atoms with E-state index >= 15 is 0 Å². The number of rotatable bonds is 5. The van der Waals surface area contributed by atoms with E-state index in [-0.39, 0.29) is 11.5 Å².